The van der Waals surface area contributed by atoms with E-state index in [2.05, 4.69) is 46.1 Å². The smallest absolute Gasteiger partial charge is 0.0991 e. The molecule has 3 rings (SSSR count). The molecule has 2 aromatic carbocycles. The summed E-state index contributed by atoms with van der Waals surface area (Å²) in [5.41, 5.74) is 4.27. The van der Waals surface area contributed by atoms with E-state index in [4.69, 9.17) is 5.26 Å². The van der Waals surface area contributed by atoms with Crippen molar-refractivity contribution in [2.24, 2.45) is 4.99 Å². The Kier molecular flexibility index (Phi) is 4.62. The number of aliphatic imine (C=N–C) groups is 1. The number of para-hydroxylation sites is 1. The number of nitrogens with zero attached hydrogens (tertiary/aromatic N) is 3. The second-order valence-electron chi connectivity index (χ2n) is 5.88. The Bertz CT molecular complexity index is 786. The molecular weight excluding hydrogens is 296 g/mol. The molecule has 0 spiro atoms. The first-order valence-corrected chi connectivity index (χ1v) is 7.94. The molecule has 1 aliphatic rings. The molecule has 0 saturated carbocycles. The predicted octanol–water partition coefficient (Wildman–Crippen LogP) is 4.26. The summed E-state index contributed by atoms with van der Waals surface area (Å²) in [5, 5.41) is 12.6. The maximum absolute atomic E-state index is 8.97. The molecule has 1 heterocycles. The van der Waals surface area contributed by atoms with Crippen molar-refractivity contribution in [3.05, 3.63) is 78.0 Å². The molecule has 4 nitrogen and oxygen atoms in total. The van der Waals surface area contributed by atoms with Gasteiger partial charge < -0.3 is 10.2 Å². The Morgan fingerprint density at radius 1 is 1.25 bits per heavy atom. The van der Waals surface area contributed by atoms with E-state index in [1.807, 2.05) is 43.7 Å². The quantitative estimate of drug-likeness (QED) is 0.677. The van der Waals surface area contributed by atoms with Crippen molar-refractivity contribution in [3.63, 3.8) is 0 Å². The van der Waals surface area contributed by atoms with Gasteiger partial charge in [-0.2, -0.15) is 5.26 Å². The molecule has 1 aliphatic heterocycles. The zero-order chi connectivity index (χ0) is 16.9. The summed E-state index contributed by atoms with van der Waals surface area (Å²) in [6.45, 7) is 3.64. The number of benzene rings is 2. The van der Waals surface area contributed by atoms with E-state index < -0.39 is 0 Å². The minimum Gasteiger partial charge on any atom is -0.378 e. The van der Waals surface area contributed by atoms with Gasteiger partial charge in [-0.25, -0.2) is 4.99 Å². The highest BCUT2D eigenvalue weighted by Crippen LogP contribution is 2.41. The third kappa shape index (κ3) is 3.16. The third-order valence-corrected chi connectivity index (χ3v) is 4.40. The van der Waals surface area contributed by atoms with Gasteiger partial charge in [-0.05, 0) is 35.7 Å². The Hall–Kier alpha value is -3.06. The van der Waals surface area contributed by atoms with Crippen molar-refractivity contribution in [2.45, 2.75) is 18.5 Å². The first-order chi connectivity index (χ1) is 11.7. The van der Waals surface area contributed by atoms with Crippen LogP contribution < -0.4 is 5.32 Å². The lowest BCUT2D eigenvalue weighted by Crippen LogP contribution is -2.31. The van der Waals surface area contributed by atoms with Gasteiger partial charge in [0.15, 0.2) is 0 Å². The van der Waals surface area contributed by atoms with E-state index in [1.165, 1.54) is 11.1 Å². The molecule has 120 valence electrons. The van der Waals surface area contributed by atoms with Crippen molar-refractivity contribution in [2.75, 3.05) is 12.4 Å². The Morgan fingerprint density at radius 2 is 2.00 bits per heavy atom. The lowest BCUT2D eigenvalue weighted by atomic mass is 9.88. The largest absolute Gasteiger partial charge is 0.378 e. The molecule has 0 amide bonds. The summed E-state index contributed by atoms with van der Waals surface area (Å²) in [7, 11) is 2.04. The van der Waals surface area contributed by atoms with Crippen LogP contribution in [0.1, 0.15) is 35.2 Å². The van der Waals surface area contributed by atoms with Crippen LogP contribution in [0.3, 0.4) is 0 Å². The molecule has 0 bridgehead atoms. The van der Waals surface area contributed by atoms with E-state index >= 15 is 0 Å². The van der Waals surface area contributed by atoms with Crippen LogP contribution in [0.2, 0.25) is 0 Å². The number of rotatable bonds is 4. The lowest BCUT2D eigenvalue weighted by molar-refractivity contribution is 0.338. The number of anilines is 1. The number of hydrogen-bond acceptors (Lipinski definition) is 3. The van der Waals surface area contributed by atoms with Gasteiger partial charge in [-0.3, -0.25) is 0 Å². The van der Waals surface area contributed by atoms with Gasteiger partial charge in [0.05, 0.1) is 30.1 Å². The second kappa shape index (κ2) is 7.01. The van der Waals surface area contributed by atoms with Crippen LogP contribution in [-0.4, -0.2) is 18.3 Å². The summed E-state index contributed by atoms with van der Waals surface area (Å²) < 4.78 is 0. The van der Waals surface area contributed by atoms with E-state index in [9.17, 15) is 0 Å². The zero-order valence-electron chi connectivity index (χ0n) is 13.7. The molecule has 4 heteroatoms. The van der Waals surface area contributed by atoms with Crippen molar-refractivity contribution in [1.29, 1.82) is 5.26 Å². The van der Waals surface area contributed by atoms with Gasteiger partial charge in [-0.15, -0.1) is 0 Å². The van der Waals surface area contributed by atoms with Gasteiger partial charge in [0.1, 0.15) is 0 Å². The monoisotopic (exact) mass is 316 g/mol. The Balaban J connectivity index is 1.93. The molecule has 0 saturated heterocycles. The molecule has 0 aromatic heterocycles. The van der Waals surface area contributed by atoms with Crippen LogP contribution in [0.25, 0.3) is 0 Å². The summed E-state index contributed by atoms with van der Waals surface area (Å²) in [5.74, 6) is 0. The van der Waals surface area contributed by atoms with Gasteiger partial charge >= 0.3 is 0 Å². The number of hydrogen-bond donors (Lipinski definition) is 1. The fourth-order valence-corrected chi connectivity index (χ4v) is 3.14. The van der Waals surface area contributed by atoms with Gasteiger partial charge in [0.2, 0.25) is 0 Å². The summed E-state index contributed by atoms with van der Waals surface area (Å²) in [6.07, 6.45) is 4.28. The number of nitriles is 1. The minimum atomic E-state index is 0.192. The van der Waals surface area contributed by atoms with E-state index in [0.717, 1.165) is 12.1 Å². The van der Waals surface area contributed by atoms with Crippen LogP contribution in [0, 0.1) is 11.3 Å². The van der Waals surface area contributed by atoms with Crippen molar-refractivity contribution >= 4 is 12.0 Å². The fraction of sp³-hybridized carbons (Fsp3) is 0.200. The van der Waals surface area contributed by atoms with Crippen LogP contribution in [0.4, 0.5) is 5.69 Å². The number of fused-ring (bicyclic) bond motifs is 1. The topological polar surface area (TPSA) is 51.4 Å². The van der Waals surface area contributed by atoms with Crippen LogP contribution in [-0.2, 0) is 0 Å². The molecule has 2 atom stereocenters. The Labute approximate surface area is 142 Å². The van der Waals surface area contributed by atoms with E-state index in [0.29, 0.717) is 5.56 Å². The van der Waals surface area contributed by atoms with Crippen molar-refractivity contribution in [3.8, 4) is 6.07 Å². The SMILES string of the molecule is C=CN=CN(C)C1CC(c2ccc(C#N)cc2)Nc2ccccc21. The molecule has 24 heavy (non-hydrogen) atoms. The van der Waals surface area contributed by atoms with Crippen LogP contribution >= 0.6 is 0 Å². The van der Waals surface area contributed by atoms with Crippen LogP contribution in [0.5, 0.6) is 0 Å². The average Bonchev–Trinajstić information content (AvgIpc) is 2.65. The highest BCUT2D eigenvalue weighted by atomic mass is 15.2. The Morgan fingerprint density at radius 3 is 2.71 bits per heavy atom. The normalized spacial score (nSPS) is 19.2. The molecule has 1 N–H and O–H groups in total. The van der Waals surface area contributed by atoms with Crippen molar-refractivity contribution < 1.29 is 0 Å². The molecule has 0 radical (unpaired) electrons. The maximum atomic E-state index is 8.97. The van der Waals surface area contributed by atoms with Gasteiger partial charge in [0.25, 0.3) is 0 Å². The average molecular weight is 316 g/mol. The highest BCUT2D eigenvalue weighted by Gasteiger charge is 2.29. The molecular formula is C20H20N4. The highest BCUT2D eigenvalue weighted by molar-refractivity contribution is 5.61. The summed E-state index contributed by atoms with van der Waals surface area (Å²) in [6, 6.07) is 18.8. The molecule has 2 aromatic rings. The minimum absolute atomic E-state index is 0.192. The first kappa shape index (κ1) is 15.8. The molecule has 0 aliphatic carbocycles. The molecule has 2 unspecified atom stereocenters. The van der Waals surface area contributed by atoms with E-state index in [1.54, 1.807) is 6.20 Å². The fourth-order valence-electron chi connectivity index (χ4n) is 3.14. The number of nitrogens with one attached hydrogen (secondary N) is 1. The molecule has 0 fully saturated rings. The van der Waals surface area contributed by atoms with Crippen LogP contribution in [0.15, 0.2) is 66.3 Å². The van der Waals surface area contributed by atoms with E-state index in [-0.39, 0.29) is 12.1 Å². The first-order valence-electron chi connectivity index (χ1n) is 7.94. The zero-order valence-corrected chi connectivity index (χ0v) is 13.7. The maximum Gasteiger partial charge on any atom is 0.0991 e. The lowest BCUT2D eigenvalue weighted by Gasteiger charge is -2.37. The van der Waals surface area contributed by atoms with Crippen molar-refractivity contribution in [1.82, 2.24) is 4.90 Å². The third-order valence-electron chi connectivity index (χ3n) is 4.40. The second-order valence-corrected chi connectivity index (χ2v) is 5.88. The standard InChI is InChI=1S/C20H20N4/c1-3-22-14-24(2)20-12-19(16-10-8-15(13-21)9-11-16)23-18-7-5-4-6-17(18)20/h3-11,14,19-20,23H,1,12H2,2H3. The van der Waals surface area contributed by atoms with Gasteiger partial charge in [-0.1, -0.05) is 36.9 Å². The predicted molar refractivity (Wildman–Crippen MR) is 97.8 cm³/mol. The summed E-state index contributed by atoms with van der Waals surface area (Å²) >= 11 is 0. The van der Waals surface area contributed by atoms with Gasteiger partial charge in [0, 0.05) is 18.9 Å². The summed E-state index contributed by atoms with van der Waals surface area (Å²) in [4.78, 5) is 6.27.